The number of benzene rings is 2. The van der Waals surface area contributed by atoms with Gasteiger partial charge < -0.3 is 14.0 Å². The summed E-state index contributed by atoms with van der Waals surface area (Å²) < 4.78 is 13.6. The minimum absolute atomic E-state index is 0.342. The number of hydrogen-bond donors (Lipinski definition) is 0. The molecule has 0 radical (unpaired) electrons. The molecule has 0 unspecified atom stereocenters. The third kappa shape index (κ3) is 3.80. The van der Waals surface area contributed by atoms with Crippen LogP contribution >= 0.6 is 11.3 Å². The fraction of sp³-hybridized carbons (Fsp3) is 0.238. The third-order valence-electron chi connectivity index (χ3n) is 4.22. The van der Waals surface area contributed by atoms with Crippen LogP contribution in [0.4, 0.5) is 0 Å². The van der Waals surface area contributed by atoms with Gasteiger partial charge in [-0.15, -0.1) is 6.58 Å². The van der Waals surface area contributed by atoms with Crippen LogP contribution in [-0.4, -0.2) is 24.7 Å². The summed E-state index contributed by atoms with van der Waals surface area (Å²) in [5.74, 6) is 0.760. The molecule has 0 spiro atoms. The lowest BCUT2D eigenvalue weighted by Crippen LogP contribution is -2.16. The van der Waals surface area contributed by atoms with E-state index in [1.807, 2.05) is 10.6 Å². The van der Waals surface area contributed by atoms with Gasteiger partial charge in [0.15, 0.2) is 4.80 Å². The summed E-state index contributed by atoms with van der Waals surface area (Å²) in [6.07, 6.45) is 1.81. The van der Waals surface area contributed by atoms with Crippen molar-refractivity contribution < 1.29 is 14.3 Å². The van der Waals surface area contributed by atoms with Crippen LogP contribution in [0.15, 0.2) is 48.0 Å². The number of carbonyl (C=O) groups is 1. The van der Waals surface area contributed by atoms with E-state index in [2.05, 4.69) is 37.6 Å². The Balaban J connectivity index is 2.18. The Kier molecular flexibility index (Phi) is 5.46. The molecule has 3 aromatic rings. The van der Waals surface area contributed by atoms with Gasteiger partial charge in [-0.05, 0) is 43.2 Å². The number of carbonyl (C=O) groups excluding carboxylic acids is 1. The molecule has 1 aromatic heterocycles. The fourth-order valence-corrected chi connectivity index (χ4v) is 4.07. The SMILES string of the molecule is C=CCn1c(=NC(=O)c2cc(OC)cc(OC)c2)sc2c(C)cc(C)cc21. The molecule has 0 saturated carbocycles. The molecule has 1 amide bonds. The van der Waals surface area contributed by atoms with Gasteiger partial charge in [-0.25, -0.2) is 0 Å². The maximum atomic E-state index is 12.8. The van der Waals surface area contributed by atoms with Crippen molar-refractivity contribution in [1.82, 2.24) is 4.57 Å². The van der Waals surface area contributed by atoms with Crippen LogP contribution in [0, 0.1) is 13.8 Å². The maximum absolute atomic E-state index is 12.8. The Morgan fingerprint density at radius 2 is 1.81 bits per heavy atom. The largest absolute Gasteiger partial charge is 0.497 e. The Hall–Kier alpha value is -2.86. The Labute approximate surface area is 162 Å². The fourth-order valence-electron chi connectivity index (χ4n) is 2.99. The van der Waals surface area contributed by atoms with Gasteiger partial charge in [-0.1, -0.05) is 23.5 Å². The van der Waals surface area contributed by atoms with Crippen LogP contribution in [-0.2, 0) is 6.54 Å². The Morgan fingerprint density at radius 3 is 2.41 bits per heavy atom. The van der Waals surface area contributed by atoms with Crippen molar-refractivity contribution in [3.05, 3.63) is 64.5 Å². The van der Waals surface area contributed by atoms with Crippen molar-refractivity contribution in [2.75, 3.05) is 14.2 Å². The lowest BCUT2D eigenvalue weighted by Gasteiger charge is -2.06. The van der Waals surface area contributed by atoms with Gasteiger partial charge in [0.2, 0.25) is 0 Å². The highest BCUT2D eigenvalue weighted by molar-refractivity contribution is 7.16. The number of rotatable bonds is 5. The standard InChI is InChI=1S/C21H22N2O3S/c1-6-7-23-18-9-13(2)8-14(3)19(18)27-21(23)22-20(24)15-10-16(25-4)12-17(11-15)26-5/h6,8-12H,1,7H2,2-5H3. The number of allylic oxidation sites excluding steroid dienone is 1. The molecule has 2 aromatic carbocycles. The van der Waals surface area contributed by atoms with E-state index >= 15 is 0 Å². The van der Waals surface area contributed by atoms with E-state index in [1.54, 1.807) is 32.4 Å². The molecular formula is C21H22N2O3S. The first-order chi connectivity index (χ1) is 13.0. The molecule has 1 heterocycles. The molecular weight excluding hydrogens is 360 g/mol. The molecule has 3 rings (SSSR count). The van der Waals surface area contributed by atoms with E-state index in [0.29, 0.717) is 28.4 Å². The summed E-state index contributed by atoms with van der Waals surface area (Å²) in [5, 5.41) is 0. The first-order valence-corrected chi connectivity index (χ1v) is 9.32. The van der Waals surface area contributed by atoms with Crippen molar-refractivity contribution in [2.45, 2.75) is 20.4 Å². The monoisotopic (exact) mass is 382 g/mol. The number of fused-ring (bicyclic) bond motifs is 1. The quantitative estimate of drug-likeness (QED) is 0.620. The van der Waals surface area contributed by atoms with Gasteiger partial charge in [0.25, 0.3) is 5.91 Å². The van der Waals surface area contributed by atoms with E-state index < -0.39 is 0 Å². The molecule has 0 bridgehead atoms. The van der Waals surface area contributed by atoms with Crippen molar-refractivity contribution in [1.29, 1.82) is 0 Å². The zero-order valence-electron chi connectivity index (χ0n) is 15.9. The molecule has 0 fully saturated rings. The van der Waals surface area contributed by atoms with E-state index in [0.717, 1.165) is 10.2 Å². The summed E-state index contributed by atoms with van der Waals surface area (Å²) in [6, 6.07) is 9.29. The molecule has 27 heavy (non-hydrogen) atoms. The van der Waals surface area contributed by atoms with Crippen LogP contribution in [0.2, 0.25) is 0 Å². The normalized spacial score (nSPS) is 11.6. The first-order valence-electron chi connectivity index (χ1n) is 8.50. The molecule has 0 aliphatic carbocycles. The molecule has 0 N–H and O–H groups in total. The van der Waals surface area contributed by atoms with Gasteiger partial charge in [0.05, 0.1) is 24.4 Å². The second kappa shape index (κ2) is 7.80. The van der Waals surface area contributed by atoms with Gasteiger partial charge in [0.1, 0.15) is 11.5 Å². The average Bonchev–Trinajstić information content (AvgIpc) is 2.99. The van der Waals surface area contributed by atoms with E-state index in [4.69, 9.17) is 9.47 Å². The van der Waals surface area contributed by atoms with Crippen molar-refractivity contribution in [2.24, 2.45) is 4.99 Å². The highest BCUT2D eigenvalue weighted by atomic mass is 32.1. The third-order valence-corrected chi connectivity index (χ3v) is 5.45. The molecule has 140 valence electrons. The summed E-state index contributed by atoms with van der Waals surface area (Å²) in [7, 11) is 3.10. The molecule has 0 aliphatic heterocycles. The predicted octanol–water partition coefficient (Wildman–Crippen LogP) is 4.26. The molecule has 5 nitrogen and oxygen atoms in total. The van der Waals surface area contributed by atoms with Crippen molar-refractivity contribution in [3.63, 3.8) is 0 Å². The van der Waals surface area contributed by atoms with Crippen LogP contribution in [0.25, 0.3) is 10.2 Å². The summed E-state index contributed by atoms with van der Waals surface area (Å²) in [6.45, 7) is 8.55. The lowest BCUT2D eigenvalue weighted by atomic mass is 10.1. The highest BCUT2D eigenvalue weighted by Crippen LogP contribution is 2.25. The average molecular weight is 382 g/mol. The van der Waals surface area contributed by atoms with Crippen LogP contribution in [0.1, 0.15) is 21.5 Å². The second-order valence-electron chi connectivity index (χ2n) is 6.23. The van der Waals surface area contributed by atoms with Crippen LogP contribution in [0.5, 0.6) is 11.5 Å². The van der Waals surface area contributed by atoms with Gasteiger partial charge in [-0.3, -0.25) is 4.79 Å². The number of thiazole rings is 1. The number of nitrogens with zero attached hydrogens (tertiary/aromatic N) is 2. The molecule has 0 atom stereocenters. The van der Waals surface area contributed by atoms with Crippen molar-refractivity contribution in [3.8, 4) is 11.5 Å². The highest BCUT2D eigenvalue weighted by Gasteiger charge is 2.12. The number of amides is 1. The van der Waals surface area contributed by atoms with E-state index in [-0.39, 0.29) is 5.91 Å². The van der Waals surface area contributed by atoms with Crippen LogP contribution < -0.4 is 14.3 Å². The summed E-state index contributed by atoms with van der Waals surface area (Å²) in [4.78, 5) is 17.9. The lowest BCUT2D eigenvalue weighted by molar-refractivity contribution is 0.0997. The van der Waals surface area contributed by atoms with Gasteiger partial charge >= 0.3 is 0 Å². The first kappa shape index (κ1) is 18.9. The summed E-state index contributed by atoms with van der Waals surface area (Å²) in [5.41, 5.74) is 3.82. The number of ether oxygens (including phenoxy) is 2. The number of aromatic nitrogens is 1. The number of aryl methyl sites for hydroxylation is 2. The zero-order chi connectivity index (χ0) is 19.6. The van der Waals surface area contributed by atoms with Gasteiger partial charge in [0, 0.05) is 18.2 Å². The number of methoxy groups -OCH3 is 2. The minimum Gasteiger partial charge on any atom is -0.497 e. The number of hydrogen-bond acceptors (Lipinski definition) is 4. The molecule has 0 aliphatic rings. The Morgan fingerprint density at radius 1 is 1.15 bits per heavy atom. The topological polar surface area (TPSA) is 52.8 Å². The maximum Gasteiger partial charge on any atom is 0.279 e. The van der Waals surface area contributed by atoms with Crippen molar-refractivity contribution >= 4 is 27.5 Å². The smallest absolute Gasteiger partial charge is 0.279 e. The van der Waals surface area contributed by atoms with Gasteiger partial charge in [-0.2, -0.15) is 4.99 Å². The second-order valence-corrected chi connectivity index (χ2v) is 7.21. The molecule has 0 saturated heterocycles. The molecule has 6 heteroatoms. The van der Waals surface area contributed by atoms with E-state index in [1.165, 1.54) is 22.5 Å². The van der Waals surface area contributed by atoms with E-state index in [9.17, 15) is 4.79 Å². The minimum atomic E-state index is -0.342. The summed E-state index contributed by atoms with van der Waals surface area (Å²) >= 11 is 1.51. The Bertz CT molecular complexity index is 1070. The zero-order valence-corrected chi connectivity index (χ0v) is 16.7. The van der Waals surface area contributed by atoms with Crippen LogP contribution in [0.3, 0.4) is 0 Å². The predicted molar refractivity (Wildman–Crippen MR) is 109 cm³/mol.